The number of carbonyl (C=O) groups excluding carboxylic acids is 1. The van der Waals surface area contributed by atoms with Gasteiger partial charge >= 0.3 is 0 Å². The summed E-state index contributed by atoms with van der Waals surface area (Å²) in [6.07, 6.45) is 0.591. The zero-order valence-corrected chi connectivity index (χ0v) is 22.3. The molecule has 3 rings (SSSR count). The number of rotatable bonds is 10. The number of hydrogen-bond donors (Lipinski definition) is 2. The van der Waals surface area contributed by atoms with Gasteiger partial charge in [0.25, 0.3) is 0 Å². The maximum absolute atomic E-state index is 12.7. The molecule has 1 amide bonds. The molecule has 0 bridgehead atoms. The Balaban J connectivity index is 0.00000432. The second-order valence-electron chi connectivity index (χ2n) is 8.13. The fourth-order valence-electron chi connectivity index (χ4n) is 3.68. The van der Waals surface area contributed by atoms with E-state index in [4.69, 9.17) is 24.7 Å². The van der Waals surface area contributed by atoms with Gasteiger partial charge in [-0.05, 0) is 53.7 Å². The summed E-state index contributed by atoms with van der Waals surface area (Å²) in [7, 11) is 6.28. The highest BCUT2D eigenvalue weighted by Crippen LogP contribution is 2.44. The Bertz CT molecular complexity index is 1130. The molecule has 1 atom stereocenters. The molecule has 0 fully saturated rings. The van der Waals surface area contributed by atoms with Crippen LogP contribution < -0.4 is 30.0 Å². The molecule has 3 N–H and O–H groups in total. The number of ether oxygens (including phenoxy) is 4. The summed E-state index contributed by atoms with van der Waals surface area (Å²) in [6.45, 7) is 4.06. The molecule has 8 nitrogen and oxygen atoms in total. The van der Waals surface area contributed by atoms with Crippen LogP contribution in [0.2, 0.25) is 0 Å². The van der Waals surface area contributed by atoms with E-state index in [1.807, 2.05) is 49.6 Å². The first-order chi connectivity index (χ1) is 16.3. The van der Waals surface area contributed by atoms with Gasteiger partial charge in [-0.2, -0.15) is 4.37 Å². The predicted octanol–water partition coefficient (Wildman–Crippen LogP) is 5.25. The van der Waals surface area contributed by atoms with Crippen LogP contribution in [0.1, 0.15) is 20.3 Å². The van der Waals surface area contributed by atoms with Gasteiger partial charge in [0.05, 0.1) is 45.9 Å². The zero-order chi connectivity index (χ0) is 24.8. The molecule has 1 unspecified atom stereocenters. The van der Waals surface area contributed by atoms with Gasteiger partial charge in [0.2, 0.25) is 11.7 Å². The van der Waals surface area contributed by atoms with Crippen molar-refractivity contribution in [1.29, 1.82) is 0 Å². The number of hydrogen-bond acceptors (Lipinski definition) is 8. The number of nitrogens with one attached hydrogen (secondary N) is 1. The monoisotopic (exact) mass is 521 g/mol. The average Bonchev–Trinajstić information content (AvgIpc) is 3.32. The minimum Gasteiger partial charge on any atom is -0.495 e. The zero-order valence-electron chi connectivity index (χ0n) is 20.7. The third kappa shape index (κ3) is 6.36. The molecule has 0 saturated heterocycles. The van der Waals surface area contributed by atoms with E-state index in [0.717, 1.165) is 22.4 Å². The lowest BCUT2D eigenvalue weighted by molar-refractivity contribution is -0.117. The first-order valence-corrected chi connectivity index (χ1v) is 11.7. The van der Waals surface area contributed by atoms with Crippen molar-refractivity contribution >= 4 is 35.5 Å². The van der Waals surface area contributed by atoms with Gasteiger partial charge in [-0.25, -0.2) is 0 Å². The molecule has 35 heavy (non-hydrogen) atoms. The number of amides is 1. The van der Waals surface area contributed by atoms with Crippen LogP contribution in [-0.2, 0) is 4.79 Å². The number of halogens is 1. The average molecular weight is 522 g/mol. The molecule has 1 heterocycles. The number of nitrogens with zero attached hydrogens (tertiary/aromatic N) is 1. The number of methoxy groups -OCH3 is 4. The van der Waals surface area contributed by atoms with Crippen LogP contribution in [0.15, 0.2) is 35.7 Å². The van der Waals surface area contributed by atoms with Gasteiger partial charge in [0, 0.05) is 16.5 Å². The number of aromatic nitrogens is 1. The summed E-state index contributed by atoms with van der Waals surface area (Å²) in [6, 6.07) is 8.72. The van der Waals surface area contributed by atoms with Crippen molar-refractivity contribution < 1.29 is 23.7 Å². The van der Waals surface area contributed by atoms with E-state index in [0.29, 0.717) is 41.0 Å². The van der Waals surface area contributed by atoms with E-state index in [1.165, 1.54) is 11.5 Å². The van der Waals surface area contributed by atoms with Crippen molar-refractivity contribution in [1.82, 2.24) is 4.37 Å². The van der Waals surface area contributed by atoms with E-state index in [1.54, 1.807) is 28.4 Å². The molecule has 0 spiro atoms. The van der Waals surface area contributed by atoms with Crippen LogP contribution in [0.3, 0.4) is 0 Å². The van der Waals surface area contributed by atoms with E-state index in [9.17, 15) is 4.79 Å². The molecule has 0 aliphatic carbocycles. The minimum absolute atomic E-state index is 0. The van der Waals surface area contributed by atoms with Crippen LogP contribution in [0.25, 0.3) is 22.4 Å². The molecular formula is C25H32ClN3O5S. The normalized spacial score (nSPS) is 11.4. The number of carbonyl (C=O) groups is 1. The van der Waals surface area contributed by atoms with Crippen molar-refractivity contribution in [2.24, 2.45) is 11.7 Å². The Morgan fingerprint density at radius 2 is 1.60 bits per heavy atom. The molecular weight excluding hydrogens is 490 g/mol. The standard InChI is InChI=1S/C25H31N3O5S.ClH/c1-14(2)9-18(26)25(29)27-19-10-15(7-8-20(19)30-3)17-13-34-28-23(17)16-11-21(31-4)24(33-6)22(12-16)32-5;/h7-8,10-14,18H,9,26H2,1-6H3,(H,27,29);1H. The van der Waals surface area contributed by atoms with Crippen LogP contribution >= 0.6 is 23.9 Å². The molecule has 2 aromatic carbocycles. The van der Waals surface area contributed by atoms with E-state index >= 15 is 0 Å². The third-order valence-corrected chi connectivity index (χ3v) is 5.97. The topological polar surface area (TPSA) is 105 Å². The third-order valence-electron chi connectivity index (χ3n) is 5.34. The van der Waals surface area contributed by atoms with Gasteiger partial charge in [-0.3, -0.25) is 4.79 Å². The highest BCUT2D eigenvalue weighted by molar-refractivity contribution is 7.04. The minimum atomic E-state index is -0.606. The van der Waals surface area contributed by atoms with Gasteiger partial charge in [0.1, 0.15) is 5.75 Å². The van der Waals surface area contributed by atoms with Crippen molar-refractivity contribution in [2.75, 3.05) is 33.8 Å². The van der Waals surface area contributed by atoms with Crippen LogP contribution in [-0.4, -0.2) is 44.8 Å². The Labute approximate surface area is 216 Å². The highest BCUT2D eigenvalue weighted by Gasteiger charge is 2.20. The Morgan fingerprint density at radius 1 is 0.971 bits per heavy atom. The van der Waals surface area contributed by atoms with Crippen LogP contribution in [0.4, 0.5) is 5.69 Å². The van der Waals surface area contributed by atoms with Crippen molar-refractivity contribution in [3.05, 3.63) is 35.7 Å². The van der Waals surface area contributed by atoms with Crippen LogP contribution in [0, 0.1) is 5.92 Å². The Kier molecular flexibility index (Phi) is 10.2. The first kappa shape index (κ1) is 28.2. The van der Waals surface area contributed by atoms with E-state index in [-0.39, 0.29) is 18.3 Å². The SMILES string of the molecule is COc1ccc(-c2csnc2-c2cc(OC)c(OC)c(OC)c2)cc1NC(=O)C(N)CC(C)C.Cl. The lowest BCUT2D eigenvalue weighted by Gasteiger charge is -2.17. The summed E-state index contributed by atoms with van der Waals surface area (Å²) >= 11 is 1.33. The van der Waals surface area contributed by atoms with E-state index < -0.39 is 6.04 Å². The van der Waals surface area contributed by atoms with E-state index in [2.05, 4.69) is 9.69 Å². The van der Waals surface area contributed by atoms with Gasteiger partial charge in [-0.1, -0.05) is 19.9 Å². The molecule has 10 heteroatoms. The van der Waals surface area contributed by atoms with Crippen molar-refractivity contribution in [3.63, 3.8) is 0 Å². The second kappa shape index (κ2) is 12.6. The lowest BCUT2D eigenvalue weighted by atomic mass is 10.00. The fraction of sp³-hybridized carbons (Fsp3) is 0.360. The number of benzene rings is 2. The molecule has 1 aromatic heterocycles. The summed E-state index contributed by atoms with van der Waals surface area (Å²) in [5.41, 5.74) is 9.94. The first-order valence-electron chi connectivity index (χ1n) is 10.8. The fourth-order valence-corrected chi connectivity index (χ4v) is 4.40. The Morgan fingerprint density at radius 3 is 2.14 bits per heavy atom. The smallest absolute Gasteiger partial charge is 0.241 e. The maximum Gasteiger partial charge on any atom is 0.241 e. The maximum atomic E-state index is 12.7. The summed E-state index contributed by atoms with van der Waals surface area (Å²) in [4.78, 5) is 12.7. The largest absolute Gasteiger partial charge is 0.495 e. The van der Waals surface area contributed by atoms with Gasteiger partial charge in [-0.15, -0.1) is 12.4 Å². The predicted molar refractivity (Wildman–Crippen MR) is 143 cm³/mol. The second-order valence-corrected chi connectivity index (χ2v) is 8.76. The molecule has 0 aliphatic heterocycles. The Hall–Kier alpha value is -3.01. The summed E-state index contributed by atoms with van der Waals surface area (Å²) < 4.78 is 26.5. The number of anilines is 1. The summed E-state index contributed by atoms with van der Waals surface area (Å²) in [5, 5.41) is 4.87. The lowest BCUT2D eigenvalue weighted by Crippen LogP contribution is -2.36. The molecule has 3 aromatic rings. The van der Waals surface area contributed by atoms with Crippen molar-refractivity contribution in [2.45, 2.75) is 26.3 Å². The number of nitrogens with two attached hydrogens (primary N) is 1. The molecule has 0 saturated carbocycles. The van der Waals surface area contributed by atoms with Gasteiger partial charge in [0.15, 0.2) is 11.5 Å². The quantitative estimate of drug-likeness (QED) is 0.375. The molecule has 0 radical (unpaired) electrons. The van der Waals surface area contributed by atoms with Crippen molar-refractivity contribution in [3.8, 4) is 45.4 Å². The molecule has 0 aliphatic rings. The van der Waals surface area contributed by atoms with Crippen LogP contribution in [0.5, 0.6) is 23.0 Å². The molecule has 190 valence electrons. The highest BCUT2D eigenvalue weighted by atomic mass is 35.5. The van der Waals surface area contributed by atoms with Gasteiger partial charge < -0.3 is 30.0 Å². The summed E-state index contributed by atoms with van der Waals surface area (Å²) in [5.74, 6) is 2.20.